The van der Waals surface area contributed by atoms with Gasteiger partial charge in [0.1, 0.15) is 0 Å². The Morgan fingerprint density at radius 3 is 2.27 bits per heavy atom. The Bertz CT molecular complexity index is 136. The maximum absolute atomic E-state index is 7.57. The van der Waals surface area contributed by atoms with E-state index >= 15 is 0 Å². The highest BCUT2D eigenvalue weighted by Crippen LogP contribution is 2.29. The minimum Gasteiger partial charge on any atom is -0.397 e. The fourth-order valence-electron chi connectivity index (χ4n) is 2.48. The van der Waals surface area contributed by atoms with Crippen molar-refractivity contribution < 1.29 is 5.11 Å². The summed E-state index contributed by atoms with van der Waals surface area (Å²) in [5.74, 6) is 1.81. The Morgan fingerprint density at radius 1 is 1.27 bits per heavy atom. The van der Waals surface area contributed by atoms with Gasteiger partial charge in [0.25, 0.3) is 0 Å². The van der Waals surface area contributed by atoms with Gasteiger partial charge in [0.05, 0.1) is 0 Å². The molecular weight excluding hydrogens is 186 g/mol. The average Bonchev–Trinajstić information content (AvgIpc) is 2.19. The topological polar surface area (TPSA) is 32.3 Å². The molecular formula is C13H29NO. The number of hydrogen-bond donors (Lipinski definition) is 2. The molecule has 0 aromatic carbocycles. The van der Waals surface area contributed by atoms with E-state index in [4.69, 9.17) is 5.11 Å². The van der Waals surface area contributed by atoms with Crippen LogP contribution in [0, 0.1) is 11.8 Å². The molecule has 0 heterocycles. The fraction of sp³-hybridized carbons (Fsp3) is 1.00. The molecule has 1 rings (SSSR count). The highest BCUT2D eigenvalue weighted by molar-refractivity contribution is 4.80. The third-order valence-corrected chi connectivity index (χ3v) is 3.05. The van der Waals surface area contributed by atoms with Gasteiger partial charge in [-0.25, -0.2) is 0 Å². The van der Waals surface area contributed by atoms with Crippen LogP contribution in [0.15, 0.2) is 0 Å². The van der Waals surface area contributed by atoms with Crippen molar-refractivity contribution in [3.05, 3.63) is 0 Å². The van der Waals surface area contributed by atoms with Crippen LogP contribution in [0.3, 0.4) is 0 Å². The van der Waals surface area contributed by atoms with Crippen LogP contribution >= 0.6 is 0 Å². The molecule has 0 radical (unpaired) electrons. The number of aliphatic hydroxyl groups excluding tert-OH is 1. The second kappa shape index (κ2) is 9.17. The molecule has 0 amide bonds. The monoisotopic (exact) mass is 215 g/mol. The van der Waals surface area contributed by atoms with Crippen molar-refractivity contribution in [3.8, 4) is 0 Å². The first-order valence-corrected chi connectivity index (χ1v) is 6.43. The molecule has 0 spiro atoms. The highest BCUT2D eigenvalue weighted by Gasteiger charge is 2.23. The van der Waals surface area contributed by atoms with Crippen molar-refractivity contribution >= 4 is 0 Å². The zero-order chi connectivity index (χ0) is 11.7. The molecule has 0 aliphatic heterocycles. The van der Waals surface area contributed by atoms with Gasteiger partial charge in [-0.2, -0.15) is 0 Å². The van der Waals surface area contributed by atoms with Crippen molar-refractivity contribution in [3.63, 3.8) is 0 Å². The van der Waals surface area contributed by atoms with E-state index in [-0.39, 0.29) is 6.61 Å². The largest absolute Gasteiger partial charge is 0.397 e. The van der Waals surface area contributed by atoms with Crippen molar-refractivity contribution in [1.82, 2.24) is 5.32 Å². The van der Waals surface area contributed by atoms with Gasteiger partial charge in [0.2, 0.25) is 0 Å². The van der Waals surface area contributed by atoms with Crippen molar-refractivity contribution in [2.45, 2.75) is 58.9 Å². The second-order valence-electron chi connectivity index (χ2n) is 4.89. The average molecular weight is 215 g/mol. The van der Waals surface area contributed by atoms with E-state index in [1.54, 1.807) is 6.92 Å². The Morgan fingerprint density at radius 2 is 1.80 bits per heavy atom. The lowest BCUT2D eigenvalue weighted by atomic mass is 9.80. The van der Waals surface area contributed by atoms with Crippen LogP contribution in [0.25, 0.3) is 0 Å². The van der Waals surface area contributed by atoms with Crippen LogP contribution < -0.4 is 5.32 Å². The van der Waals surface area contributed by atoms with Gasteiger partial charge in [-0.15, -0.1) is 0 Å². The summed E-state index contributed by atoms with van der Waals surface area (Å²) < 4.78 is 0. The normalized spacial score (nSPS) is 26.0. The van der Waals surface area contributed by atoms with Gasteiger partial charge < -0.3 is 10.4 Å². The van der Waals surface area contributed by atoms with Gasteiger partial charge in [0.15, 0.2) is 0 Å². The number of nitrogens with one attached hydrogen (secondary N) is 1. The second-order valence-corrected chi connectivity index (χ2v) is 4.89. The van der Waals surface area contributed by atoms with Crippen molar-refractivity contribution in [2.75, 3.05) is 13.7 Å². The van der Waals surface area contributed by atoms with Crippen molar-refractivity contribution in [2.24, 2.45) is 11.8 Å². The van der Waals surface area contributed by atoms with E-state index in [9.17, 15) is 0 Å². The summed E-state index contributed by atoms with van der Waals surface area (Å²) in [5, 5.41) is 11.0. The standard InChI is InChI=1S/C11H23N.C2H6O/c1-9(2)8-10-6-4-5-7-11(10)12-3;1-2-3/h9-12H,4-8H2,1-3H3;3H,2H2,1H3. The van der Waals surface area contributed by atoms with Crippen LogP contribution in [0.5, 0.6) is 0 Å². The summed E-state index contributed by atoms with van der Waals surface area (Å²) in [4.78, 5) is 0. The van der Waals surface area contributed by atoms with Gasteiger partial charge >= 0.3 is 0 Å². The van der Waals surface area contributed by atoms with E-state index in [1.807, 2.05) is 0 Å². The van der Waals surface area contributed by atoms with Crippen LogP contribution in [-0.2, 0) is 0 Å². The zero-order valence-electron chi connectivity index (χ0n) is 10.9. The summed E-state index contributed by atoms with van der Waals surface area (Å²) in [7, 11) is 2.11. The summed E-state index contributed by atoms with van der Waals surface area (Å²) >= 11 is 0. The number of aliphatic hydroxyl groups is 1. The maximum atomic E-state index is 7.57. The van der Waals surface area contributed by atoms with Gasteiger partial charge in [0, 0.05) is 12.6 Å². The molecule has 0 bridgehead atoms. The Balaban J connectivity index is 0.000000583. The molecule has 0 aromatic rings. The van der Waals surface area contributed by atoms with E-state index in [1.165, 1.54) is 32.1 Å². The SMILES string of the molecule is CCO.CNC1CCCCC1CC(C)C. The minimum atomic E-state index is 0.250. The maximum Gasteiger partial charge on any atom is 0.0402 e. The first-order chi connectivity index (χ1) is 7.15. The predicted molar refractivity (Wildman–Crippen MR) is 67.0 cm³/mol. The molecule has 2 atom stereocenters. The summed E-state index contributed by atoms with van der Waals surface area (Å²) in [5.41, 5.74) is 0. The lowest BCUT2D eigenvalue weighted by Crippen LogP contribution is -2.36. The fourth-order valence-corrected chi connectivity index (χ4v) is 2.48. The van der Waals surface area contributed by atoms with Crippen LogP contribution in [0.2, 0.25) is 0 Å². The molecule has 92 valence electrons. The first-order valence-electron chi connectivity index (χ1n) is 6.43. The van der Waals surface area contributed by atoms with Gasteiger partial charge in [-0.05, 0) is 45.1 Å². The number of rotatable bonds is 3. The number of hydrogen-bond acceptors (Lipinski definition) is 2. The molecule has 1 fully saturated rings. The Labute approximate surface area is 95.5 Å². The van der Waals surface area contributed by atoms with E-state index in [0.717, 1.165) is 17.9 Å². The molecule has 1 aliphatic rings. The van der Waals surface area contributed by atoms with Crippen molar-refractivity contribution in [1.29, 1.82) is 0 Å². The highest BCUT2D eigenvalue weighted by atomic mass is 16.2. The van der Waals surface area contributed by atoms with Gasteiger partial charge in [-0.3, -0.25) is 0 Å². The van der Waals surface area contributed by atoms with Gasteiger partial charge in [-0.1, -0.05) is 26.7 Å². The van der Waals surface area contributed by atoms with Crippen LogP contribution in [-0.4, -0.2) is 24.8 Å². The quantitative estimate of drug-likeness (QED) is 0.759. The molecule has 0 saturated heterocycles. The molecule has 2 N–H and O–H groups in total. The molecule has 2 nitrogen and oxygen atoms in total. The van der Waals surface area contributed by atoms with E-state index < -0.39 is 0 Å². The lowest BCUT2D eigenvalue weighted by Gasteiger charge is -2.32. The smallest absolute Gasteiger partial charge is 0.0402 e. The molecule has 1 aliphatic carbocycles. The van der Waals surface area contributed by atoms with Crippen LogP contribution in [0.1, 0.15) is 52.9 Å². The zero-order valence-corrected chi connectivity index (χ0v) is 10.9. The first kappa shape index (κ1) is 14.9. The predicted octanol–water partition coefficient (Wildman–Crippen LogP) is 2.81. The molecule has 2 unspecified atom stereocenters. The molecule has 1 saturated carbocycles. The Hall–Kier alpha value is -0.0800. The van der Waals surface area contributed by atoms with E-state index in [2.05, 4.69) is 26.2 Å². The minimum absolute atomic E-state index is 0.250. The molecule has 2 heteroatoms. The summed E-state index contributed by atoms with van der Waals surface area (Å²) in [6, 6.07) is 0.807. The molecule has 0 aromatic heterocycles. The third-order valence-electron chi connectivity index (χ3n) is 3.05. The van der Waals surface area contributed by atoms with E-state index in [0.29, 0.717) is 0 Å². The Kier molecular flexibility index (Phi) is 9.12. The third kappa shape index (κ3) is 6.91. The molecule has 15 heavy (non-hydrogen) atoms. The summed E-state index contributed by atoms with van der Waals surface area (Å²) in [6.07, 6.45) is 7.14. The lowest BCUT2D eigenvalue weighted by molar-refractivity contribution is 0.238. The van der Waals surface area contributed by atoms with Crippen LogP contribution in [0.4, 0.5) is 0 Å². The summed E-state index contributed by atoms with van der Waals surface area (Å²) in [6.45, 7) is 6.60.